The van der Waals surface area contributed by atoms with Gasteiger partial charge >= 0.3 is 0 Å². The summed E-state index contributed by atoms with van der Waals surface area (Å²) in [5.41, 5.74) is 1.77. The molecule has 0 aromatic heterocycles. The van der Waals surface area contributed by atoms with Gasteiger partial charge in [0.2, 0.25) is 0 Å². The molecule has 166 valence electrons. The standard InChI is InChI=1S/C23H21F2N3O3S/c24-21-11-10-20(16-22(21)25)32(30,31)26-18-8-6-17(7-9-18)23(29)28-14-12-27(13-15-28)19-4-2-1-3-5-19/h1-11,16,26H,12-15H2. The number of hydrogen-bond acceptors (Lipinski definition) is 4. The second-order valence-electron chi connectivity index (χ2n) is 7.37. The number of benzene rings is 3. The van der Waals surface area contributed by atoms with Gasteiger partial charge in [0, 0.05) is 43.1 Å². The number of carbonyl (C=O) groups excluding carboxylic acids is 1. The number of rotatable bonds is 5. The van der Waals surface area contributed by atoms with Crippen LogP contribution >= 0.6 is 0 Å². The van der Waals surface area contributed by atoms with Crippen molar-refractivity contribution in [1.82, 2.24) is 4.90 Å². The molecule has 1 aliphatic rings. The second-order valence-corrected chi connectivity index (χ2v) is 9.06. The summed E-state index contributed by atoms with van der Waals surface area (Å²) in [5, 5.41) is 0. The van der Waals surface area contributed by atoms with Crippen molar-refractivity contribution in [1.29, 1.82) is 0 Å². The summed E-state index contributed by atoms with van der Waals surface area (Å²) >= 11 is 0. The van der Waals surface area contributed by atoms with Crippen molar-refractivity contribution in [2.75, 3.05) is 35.8 Å². The minimum Gasteiger partial charge on any atom is -0.368 e. The topological polar surface area (TPSA) is 69.7 Å². The van der Waals surface area contributed by atoms with Crippen molar-refractivity contribution in [3.05, 3.63) is 90.0 Å². The lowest BCUT2D eigenvalue weighted by Gasteiger charge is -2.36. The Morgan fingerprint density at radius 2 is 1.47 bits per heavy atom. The van der Waals surface area contributed by atoms with Crippen LogP contribution in [0.25, 0.3) is 0 Å². The van der Waals surface area contributed by atoms with Crippen molar-refractivity contribution in [3.63, 3.8) is 0 Å². The summed E-state index contributed by atoms with van der Waals surface area (Å²) in [5.74, 6) is -2.51. The van der Waals surface area contributed by atoms with E-state index in [4.69, 9.17) is 0 Å². The molecule has 0 spiro atoms. The van der Waals surface area contributed by atoms with E-state index in [0.29, 0.717) is 24.7 Å². The SMILES string of the molecule is O=C(c1ccc(NS(=O)(=O)c2ccc(F)c(F)c2)cc1)N1CCN(c2ccccc2)CC1. The van der Waals surface area contributed by atoms with Gasteiger partial charge in [0.15, 0.2) is 11.6 Å². The zero-order valence-electron chi connectivity index (χ0n) is 17.0. The number of halogens is 2. The quantitative estimate of drug-likeness (QED) is 0.634. The Labute approximate surface area is 185 Å². The van der Waals surface area contributed by atoms with Crippen LogP contribution in [0.2, 0.25) is 0 Å². The van der Waals surface area contributed by atoms with Crippen LogP contribution in [-0.2, 0) is 10.0 Å². The van der Waals surface area contributed by atoms with Gasteiger partial charge in [0.05, 0.1) is 4.90 Å². The van der Waals surface area contributed by atoms with E-state index in [1.165, 1.54) is 24.3 Å². The lowest BCUT2D eigenvalue weighted by molar-refractivity contribution is 0.0747. The van der Waals surface area contributed by atoms with Crippen LogP contribution in [0, 0.1) is 11.6 Å². The number of nitrogens with zero attached hydrogens (tertiary/aromatic N) is 2. The zero-order valence-corrected chi connectivity index (χ0v) is 17.9. The number of para-hydroxylation sites is 1. The summed E-state index contributed by atoms with van der Waals surface area (Å²) < 4.78 is 53.5. The molecule has 1 heterocycles. The van der Waals surface area contributed by atoms with Crippen LogP contribution in [0.3, 0.4) is 0 Å². The molecule has 1 N–H and O–H groups in total. The molecule has 3 aromatic rings. The van der Waals surface area contributed by atoms with E-state index in [2.05, 4.69) is 9.62 Å². The largest absolute Gasteiger partial charge is 0.368 e. The molecule has 0 bridgehead atoms. The maximum absolute atomic E-state index is 13.4. The lowest BCUT2D eigenvalue weighted by atomic mass is 10.1. The molecule has 1 saturated heterocycles. The highest BCUT2D eigenvalue weighted by Gasteiger charge is 2.23. The highest BCUT2D eigenvalue weighted by molar-refractivity contribution is 7.92. The van der Waals surface area contributed by atoms with E-state index >= 15 is 0 Å². The molecule has 4 rings (SSSR count). The first kappa shape index (κ1) is 21.8. The van der Waals surface area contributed by atoms with E-state index < -0.39 is 26.6 Å². The average molecular weight is 458 g/mol. The third-order valence-electron chi connectivity index (χ3n) is 5.27. The average Bonchev–Trinajstić information content (AvgIpc) is 2.81. The highest BCUT2D eigenvalue weighted by Crippen LogP contribution is 2.20. The molecule has 9 heteroatoms. The van der Waals surface area contributed by atoms with Crippen molar-refractivity contribution in [2.24, 2.45) is 0 Å². The molecule has 0 aliphatic carbocycles. The van der Waals surface area contributed by atoms with E-state index in [9.17, 15) is 22.0 Å². The second kappa shape index (κ2) is 8.96. The molecule has 0 saturated carbocycles. The maximum atomic E-state index is 13.4. The fourth-order valence-electron chi connectivity index (χ4n) is 3.53. The van der Waals surface area contributed by atoms with Gasteiger partial charge in [-0.15, -0.1) is 0 Å². The minimum absolute atomic E-state index is 0.132. The molecular formula is C23H21F2N3O3S. The molecule has 1 aliphatic heterocycles. The number of nitrogens with one attached hydrogen (secondary N) is 1. The zero-order chi connectivity index (χ0) is 22.7. The van der Waals surface area contributed by atoms with E-state index in [1.807, 2.05) is 30.3 Å². The Kier molecular flexibility index (Phi) is 6.09. The first-order valence-corrected chi connectivity index (χ1v) is 11.5. The summed E-state index contributed by atoms with van der Waals surface area (Å²) in [7, 11) is -4.10. The first-order valence-electron chi connectivity index (χ1n) is 10.0. The Morgan fingerprint density at radius 3 is 2.09 bits per heavy atom. The maximum Gasteiger partial charge on any atom is 0.261 e. The fourth-order valence-corrected chi connectivity index (χ4v) is 4.60. The highest BCUT2D eigenvalue weighted by atomic mass is 32.2. The van der Waals surface area contributed by atoms with Gasteiger partial charge in [-0.05, 0) is 54.6 Å². The summed E-state index contributed by atoms with van der Waals surface area (Å²) in [6.45, 7) is 2.61. The molecule has 0 radical (unpaired) electrons. The van der Waals surface area contributed by atoms with Gasteiger partial charge in [-0.3, -0.25) is 9.52 Å². The molecule has 1 amide bonds. The summed E-state index contributed by atoms with van der Waals surface area (Å²) in [6.07, 6.45) is 0. The van der Waals surface area contributed by atoms with Crippen LogP contribution in [0.15, 0.2) is 77.7 Å². The van der Waals surface area contributed by atoms with Gasteiger partial charge in [-0.25, -0.2) is 17.2 Å². The number of sulfonamides is 1. The van der Waals surface area contributed by atoms with Crippen LogP contribution in [0.5, 0.6) is 0 Å². The van der Waals surface area contributed by atoms with Gasteiger partial charge in [-0.2, -0.15) is 0 Å². The van der Waals surface area contributed by atoms with Crippen molar-refractivity contribution in [2.45, 2.75) is 4.90 Å². The van der Waals surface area contributed by atoms with Gasteiger partial charge in [-0.1, -0.05) is 18.2 Å². The van der Waals surface area contributed by atoms with E-state index in [1.54, 1.807) is 4.90 Å². The Bertz CT molecular complexity index is 1210. The minimum atomic E-state index is -4.10. The number of piperazine rings is 1. The molecular weight excluding hydrogens is 436 g/mol. The third-order valence-corrected chi connectivity index (χ3v) is 6.65. The smallest absolute Gasteiger partial charge is 0.261 e. The number of carbonyl (C=O) groups is 1. The van der Waals surface area contributed by atoms with Crippen molar-refractivity contribution >= 4 is 27.3 Å². The molecule has 1 fully saturated rings. The van der Waals surface area contributed by atoms with E-state index in [-0.39, 0.29) is 11.6 Å². The Balaban J connectivity index is 1.39. The summed E-state index contributed by atoms with van der Waals surface area (Å²) in [6, 6.07) is 18.4. The van der Waals surface area contributed by atoms with Crippen LogP contribution in [0.4, 0.5) is 20.2 Å². The molecule has 32 heavy (non-hydrogen) atoms. The monoisotopic (exact) mass is 457 g/mol. The van der Waals surface area contributed by atoms with E-state index in [0.717, 1.165) is 30.9 Å². The number of amides is 1. The summed E-state index contributed by atoms with van der Waals surface area (Å²) in [4.78, 5) is 16.4. The van der Waals surface area contributed by atoms with Gasteiger partial charge in [0.1, 0.15) is 0 Å². The van der Waals surface area contributed by atoms with Crippen LogP contribution < -0.4 is 9.62 Å². The normalized spacial score (nSPS) is 14.3. The third kappa shape index (κ3) is 4.72. The van der Waals surface area contributed by atoms with Crippen molar-refractivity contribution < 1.29 is 22.0 Å². The lowest BCUT2D eigenvalue weighted by Crippen LogP contribution is -2.48. The molecule has 3 aromatic carbocycles. The molecule has 0 unspecified atom stereocenters. The number of anilines is 2. The van der Waals surface area contributed by atoms with Crippen molar-refractivity contribution in [3.8, 4) is 0 Å². The first-order chi connectivity index (χ1) is 15.3. The Hall–Kier alpha value is -3.46. The van der Waals surface area contributed by atoms with Crippen LogP contribution in [0.1, 0.15) is 10.4 Å². The van der Waals surface area contributed by atoms with Gasteiger partial charge in [0.25, 0.3) is 15.9 Å². The van der Waals surface area contributed by atoms with Gasteiger partial charge < -0.3 is 9.80 Å². The van der Waals surface area contributed by atoms with Crippen LogP contribution in [-0.4, -0.2) is 45.4 Å². The predicted octanol–water partition coefficient (Wildman–Crippen LogP) is 3.73. The predicted molar refractivity (Wildman–Crippen MR) is 118 cm³/mol. The molecule has 0 atom stereocenters. The number of hydrogen-bond donors (Lipinski definition) is 1. The molecule has 6 nitrogen and oxygen atoms in total. The Morgan fingerprint density at radius 1 is 0.812 bits per heavy atom. The fraction of sp³-hybridized carbons (Fsp3) is 0.174.